The zero-order chi connectivity index (χ0) is 34.1. The van der Waals surface area contributed by atoms with Crippen molar-refractivity contribution in [2.75, 3.05) is 42.7 Å². The number of sulfone groups is 1. The highest BCUT2D eigenvalue weighted by Gasteiger charge is 2.32. The molecule has 2 aromatic carbocycles. The average Bonchev–Trinajstić information content (AvgIpc) is 3.01. The smallest absolute Gasteiger partial charge is 0.414 e. The number of anilines is 3. The van der Waals surface area contributed by atoms with Gasteiger partial charge < -0.3 is 19.3 Å². The second-order valence-electron chi connectivity index (χ2n) is 12.4. The molecular formula is C33H38N6O7S. The van der Waals surface area contributed by atoms with Gasteiger partial charge in [-0.3, -0.25) is 14.3 Å². The van der Waals surface area contributed by atoms with Crippen LogP contribution in [0.2, 0.25) is 0 Å². The molecular weight excluding hydrogens is 624 g/mol. The highest BCUT2D eigenvalue weighted by Crippen LogP contribution is 2.40. The van der Waals surface area contributed by atoms with Crippen LogP contribution in [0.5, 0.6) is 0 Å². The van der Waals surface area contributed by atoms with Gasteiger partial charge in [0.25, 0.3) is 5.56 Å². The van der Waals surface area contributed by atoms with E-state index in [1.54, 1.807) is 38.8 Å². The van der Waals surface area contributed by atoms with E-state index in [1.807, 2.05) is 60.4 Å². The molecule has 0 saturated heterocycles. The van der Waals surface area contributed by atoms with Crippen molar-refractivity contribution >= 4 is 50.1 Å². The van der Waals surface area contributed by atoms with Gasteiger partial charge in [0.2, 0.25) is 15.0 Å². The van der Waals surface area contributed by atoms with Gasteiger partial charge in [-0.05, 0) is 51.0 Å². The van der Waals surface area contributed by atoms with E-state index in [0.29, 0.717) is 16.8 Å². The fraction of sp³-hybridized carbons (Fsp3) is 0.364. The number of fused-ring (bicyclic) bond motifs is 2. The van der Waals surface area contributed by atoms with Gasteiger partial charge in [-0.1, -0.05) is 42.5 Å². The maximum Gasteiger partial charge on any atom is 0.414 e. The summed E-state index contributed by atoms with van der Waals surface area (Å²) in [5.74, 6) is 0. The monoisotopic (exact) mass is 662 g/mol. The summed E-state index contributed by atoms with van der Waals surface area (Å²) in [5, 5.41) is 0.000760. The van der Waals surface area contributed by atoms with Gasteiger partial charge in [0, 0.05) is 51.1 Å². The van der Waals surface area contributed by atoms with Crippen LogP contribution >= 0.6 is 0 Å². The Bertz CT molecular complexity index is 1990. The first-order valence-electron chi connectivity index (χ1n) is 15.0. The van der Waals surface area contributed by atoms with Crippen LogP contribution in [-0.2, 0) is 32.5 Å². The number of benzene rings is 2. The molecule has 1 aliphatic rings. The molecule has 13 nitrogen and oxygen atoms in total. The van der Waals surface area contributed by atoms with Crippen molar-refractivity contribution in [3.8, 4) is 0 Å². The van der Waals surface area contributed by atoms with Crippen molar-refractivity contribution in [1.29, 1.82) is 0 Å². The SMILES string of the molecule is Cc1cccc2c1N(C(=O)OCc1ccccc1)CCN2c1cc2cnc(S(C)(=O)=O)nc2n(CCN(C)C(=O)OC(C)(C)C)c1=O. The number of amides is 2. The van der Waals surface area contributed by atoms with Gasteiger partial charge >= 0.3 is 12.2 Å². The van der Waals surface area contributed by atoms with E-state index in [2.05, 4.69) is 9.97 Å². The minimum Gasteiger partial charge on any atom is -0.444 e. The third kappa shape index (κ3) is 7.38. The lowest BCUT2D eigenvalue weighted by Gasteiger charge is -2.38. The fourth-order valence-electron chi connectivity index (χ4n) is 5.26. The Kier molecular flexibility index (Phi) is 9.25. The number of carbonyl (C=O) groups is 2. The van der Waals surface area contributed by atoms with Crippen molar-refractivity contribution in [2.24, 2.45) is 0 Å². The molecule has 2 amide bonds. The standard InChI is InChI=1S/C33H38N6O7S/c1-22-11-10-14-25-27(22)38(32(42)45-21-23-12-8-7-9-13-23)18-17-37(25)26-19-24-20-34-30(47(6,43)44)35-28(24)39(29(26)40)16-15-36(5)31(41)46-33(2,3)4/h7-14,19-20H,15-18,21H2,1-6H3. The number of rotatable bonds is 7. The maximum absolute atomic E-state index is 14.3. The number of nitrogens with zero attached hydrogens (tertiary/aromatic N) is 6. The zero-order valence-corrected chi connectivity index (χ0v) is 28.1. The molecule has 14 heteroatoms. The highest BCUT2D eigenvalue weighted by atomic mass is 32.2. The van der Waals surface area contributed by atoms with E-state index in [1.165, 1.54) is 15.7 Å². The van der Waals surface area contributed by atoms with Crippen molar-refractivity contribution in [3.05, 3.63) is 82.3 Å². The molecule has 0 saturated carbocycles. The topological polar surface area (TPSA) is 144 Å². The molecule has 0 radical (unpaired) electrons. The van der Waals surface area contributed by atoms with E-state index >= 15 is 0 Å². The van der Waals surface area contributed by atoms with Gasteiger partial charge in [0.1, 0.15) is 23.5 Å². The molecule has 47 heavy (non-hydrogen) atoms. The molecule has 0 aliphatic carbocycles. The van der Waals surface area contributed by atoms with Crippen LogP contribution in [0.15, 0.2) is 70.7 Å². The minimum absolute atomic E-state index is 0.00835. The number of para-hydroxylation sites is 1. The highest BCUT2D eigenvalue weighted by molar-refractivity contribution is 7.90. The number of hydrogen-bond donors (Lipinski definition) is 0. The van der Waals surface area contributed by atoms with Crippen LogP contribution in [0.3, 0.4) is 0 Å². The molecule has 248 valence electrons. The summed E-state index contributed by atoms with van der Waals surface area (Å²) in [6, 6.07) is 16.6. The van der Waals surface area contributed by atoms with Crippen molar-refractivity contribution in [3.63, 3.8) is 0 Å². The first-order chi connectivity index (χ1) is 22.1. The zero-order valence-electron chi connectivity index (χ0n) is 27.3. The predicted molar refractivity (Wildman–Crippen MR) is 178 cm³/mol. The van der Waals surface area contributed by atoms with Gasteiger partial charge in [-0.15, -0.1) is 0 Å². The lowest BCUT2D eigenvalue weighted by atomic mass is 10.1. The molecule has 0 unspecified atom stereocenters. The molecule has 4 aromatic rings. The molecule has 0 N–H and O–H groups in total. The van der Waals surface area contributed by atoms with Crippen LogP contribution < -0.4 is 15.4 Å². The van der Waals surface area contributed by atoms with Crippen LogP contribution in [0.4, 0.5) is 26.7 Å². The first kappa shape index (κ1) is 33.4. The molecule has 3 heterocycles. The van der Waals surface area contributed by atoms with E-state index in [-0.39, 0.29) is 44.1 Å². The number of pyridine rings is 1. The maximum atomic E-state index is 14.3. The van der Waals surface area contributed by atoms with Crippen molar-refractivity contribution in [1.82, 2.24) is 19.4 Å². The van der Waals surface area contributed by atoms with Gasteiger partial charge in [-0.2, -0.15) is 4.98 Å². The predicted octanol–water partition coefficient (Wildman–Crippen LogP) is 4.67. The largest absolute Gasteiger partial charge is 0.444 e. The first-order valence-corrected chi connectivity index (χ1v) is 16.9. The number of hydrogen-bond acceptors (Lipinski definition) is 10. The quantitative estimate of drug-likeness (QED) is 0.256. The summed E-state index contributed by atoms with van der Waals surface area (Å²) in [4.78, 5) is 53.3. The lowest BCUT2D eigenvalue weighted by Crippen LogP contribution is -2.45. The number of carbonyl (C=O) groups excluding carboxylic acids is 2. The Morgan fingerprint density at radius 3 is 2.43 bits per heavy atom. The van der Waals surface area contributed by atoms with Crippen molar-refractivity contribution < 1.29 is 27.5 Å². The van der Waals surface area contributed by atoms with Crippen LogP contribution in [0.25, 0.3) is 11.0 Å². The summed E-state index contributed by atoms with van der Waals surface area (Å²) >= 11 is 0. The van der Waals surface area contributed by atoms with E-state index in [0.717, 1.165) is 17.4 Å². The van der Waals surface area contributed by atoms with Gasteiger partial charge in [-0.25, -0.2) is 23.0 Å². The fourth-order valence-corrected chi connectivity index (χ4v) is 5.76. The summed E-state index contributed by atoms with van der Waals surface area (Å²) < 4.78 is 37.1. The van der Waals surface area contributed by atoms with Gasteiger partial charge in [0.05, 0.1) is 11.4 Å². The summed E-state index contributed by atoms with van der Waals surface area (Å²) in [6.07, 6.45) is 1.28. The second kappa shape index (κ2) is 13.0. The lowest BCUT2D eigenvalue weighted by molar-refractivity contribution is 0.0293. The van der Waals surface area contributed by atoms with Crippen LogP contribution in [0.1, 0.15) is 31.9 Å². The Labute approximate surface area is 273 Å². The molecule has 2 aromatic heterocycles. The van der Waals surface area contributed by atoms with Crippen molar-refractivity contribution in [2.45, 2.75) is 51.6 Å². The normalized spacial score (nSPS) is 13.3. The molecule has 1 aliphatic heterocycles. The molecule has 0 fully saturated rings. The van der Waals surface area contributed by atoms with E-state index < -0.39 is 38.3 Å². The Hall–Kier alpha value is -4.98. The van der Waals surface area contributed by atoms with E-state index in [9.17, 15) is 22.8 Å². The average molecular weight is 663 g/mol. The molecule has 5 rings (SSSR count). The molecule has 0 spiro atoms. The number of aryl methyl sites for hydroxylation is 1. The summed E-state index contributed by atoms with van der Waals surface area (Å²) in [5.41, 5.74) is 2.11. The Morgan fingerprint density at radius 1 is 1.02 bits per heavy atom. The summed E-state index contributed by atoms with van der Waals surface area (Å²) in [6.45, 7) is 7.82. The second-order valence-corrected chi connectivity index (χ2v) is 14.3. The molecule has 0 atom stereocenters. The Morgan fingerprint density at radius 2 is 1.74 bits per heavy atom. The minimum atomic E-state index is -3.78. The third-order valence-corrected chi connectivity index (χ3v) is 8.38. The van der Waals surface area contributed by atoms with E-state index in [4.69, 9.17) is 9.47 Å². The Balaban J connectivity index is 1.54. The third-order valence-electron chi connectivity index (χ3n) is 7.52. The number of likely N-dealkylation sites (N-methyl/N-ethyl adjacent to an activating group) is 1. The summed E-state index contributed by atoms with van der Waals surface area (Å²) in [7, 11) is -2.23. The molecule has 0 bridgehead atoms. The van der Waals surface area contributed by atoms with Crippen LogP contribution in [0, 0.1) is 6.92 Å². The van der Waals surface area contributed by atoms with Gasteiger partial charge in [0.15, 0.2) is 0 Å². The van der Waals surface area contributed by atoms with Crippen LogP contribution in [-0.4, -0.2) is 78.6 Å². The number of ether oxygens (including phenoxy) is 2. The number of aromatic nitrogens is 3.